The van der Waals surface area contributed by atoms with E-state index in [0.29, 0.717) is 0 Å². The summed E-state index contributed by atoms with van der Waals surface area (Å²) in [6.45, 7) is 0.973. The first-order valence-corrected chi connectivity index (χ1v) is 5.73. The van der Waals surface area contributed by atoms with E-state index in [1.165, 1.54) is 15.6 Å². The normalized spacial score (nSPS) is 11.4. The van der Waals surface area contributed by atoms with E-state index in [4.69, 9.17) is 11.6 Å². The second kappa shape index (κ2) is 3.89. The minimum absolute atomic E-state index is 0.859. The molecule has 1 aromatic carbocycles. The molecule has 0 aliphatic carbocycles. The summed E-state index contributed by atoms with van der Waals surface area (Å²) in [7, 11) is 4.15. The highest BCUT2D eigenvalue weighted by Gasteiger charge is 2.06. The third kappa shape index (κ3) is 1.78. The van der Waals surface area contributed by atoms with Crippen LogP contribution in [-0.4, -0.2) is 19.0 Å². The van der Waals surface area contributed by atoms with Crippen LogP contribution in [0.1, 0.15) is 5.56 Å². The van der Waals surface area contributed by atoms with Gasteiger partial charge in [-0.3, -0.25) is 0 Å². The smallest absolute Gasteiger partial charge is 0.0584 e. The fourth-order valence-corrected chi connectivity index (χ4v) is 2.81. The topological polar surface area (TPSA) is 3.24 Å². The molecule has 2 rings (SSSR count). The van der Waals surface area contributed by atoms with Gasteiger partial charge in [0, 0.05) is 6.54 Å². The summed E-state index contributed by atoms with van der Waals surface area (Å²) in [5.74, 6) is 0. The molecule has 0 amide bonds. The van der Waals surface area contributed by atoms with E-state index in [9.17, 15) is 0 Å². The van der Waals surface area contributed by atoms with E-state index in [1.54, 1.807) is 11.3 Å². The number of rotatable bonds is 2. The van der Waals surface area contributed by atoms with Crippen LogP contribution < -0.4 is 0 Å². The van der Waals surface area contributed by atoms with Crippen molar-refractivity contribution >= 4 is 33.0 Å². The highest BCUT2D eigenvalue weighted by Crippen LogP contribution is 2.32. The zero-order chi connectivity index (χ0) is 10.1. The third-order valence-electron chi connectivity index (χ3n) is 2.12. The minimum Gasteiger partial charge on any atom is -0.305 e. The zero-order valence-electron chi connectivity index (χ0n) is 8.25. The van der Waals surface area contributed by atoms with E-state index in [0.717, 1.165) is 11.6 Å². The first-order chi connectivity index (χ1) is 6.68. The maximum atomic E-state index is 6.10. The van der Waals surface area contributed by atoms with Gasteiger partial charge >= 0.3 is 0 Å². The molecular formula is C11H12ClNS. The van der Waals surface area contributed by atoms with Gasteiger partial charge in [0.15, 0.2) is 0 Å². The van der Waals surface area contributed by atoms with E-state index < -0.39 is 0 Å². The van der Waals surface area contributed by atoms with Crippen LogP contribution in [0, 0.1) is 0 Å². The Labute approximate surface area is 92.9 Å². The minimum atomic E-state index is 0.859. The molecule has 1 nitrogen and oxygen atoms in total. The molecule has 0 aliphatic rings. The molecule has 0 unspecified atom stereocenters. The molecule has 1 heterocycles. The predicted octanol–water partition coefficient (Wildman–Crippen LogP) is 3.62. The number of thiophene rings is 1. The summed E-state index contributed by atoms with van der Waals surface area (Å²) in [6, 6.07) is 6.09. The van der Waals surface area contributed by atoms with E-state index in [2.05, 4.69) is 30.4 Å². The number of benzene rings is 1. The highest BCUT2D eigenvalue weighted by atomic mass is 35.5. The monoisotopic (exact) mass is 225 g/mol. The molecule has 0 saturated heterocycles. The summed E-state index contributed by atoms with van der Waals surface area (Å²) in [6.07, 6.45) is 0. The summed E-state index contributed by atoms with van der Waals surface area (Å²) in [4.78, 5) is 2.17. The molecule has 0 saturated carbocycles. The van der Waals surface area contributed by atoms with E-state index >= 15 is 0 Å². The van der Waals surface area contributed by atoms with Crippen molar-refractivity contribution < 1.29 is 0 Å². The molecule has 74 valence electrons. The summed E-state index contributed by atoms with van der Waals surface area (Å²) < 4.78 is 1.20. The molecule has 0 fully saturated rings. The Kier molecular flexibility index (Phi) is 2.77. The highest BCUT2D eigenvalue weighted by molar-refractivity contribution is 7.18. The van der Waals surface area contributed by atoms with Crippen molar-refractivity contribution in [1.29, 1.82) is 0 Å². The van der Waals surface area contributed by atoms with Gasteiger partial charge in [0.2, 0.25) is 0 Å². The number of fused-ring (bicyclic) bond motifs is 1. The predicted molar refractivity (Wildman–Crippen MR) is 64.2 cm³/mol. The van der Waals surface area contributed by atoms with Crippen molar-refractivity contribution in [2.75, 3.05) is 14.1 Å². The lowest BCUT2D eigenvalue weighted by molar-refractivity contribution is 0.404. The fraction of sp³-hybridized carbons (Fsp3) is 0.273. The summed E-state index contributed by atoms with van der Waals surface area (Å²) in [5.41, 5.74) is 1.36. The van der Waals surface area contributed by atoms with Gasteiger partial charge in [-0.1, -0.05) is 23.7 Å². The molecule has 3 heteroatoms. The van der Waals surface area contributed by atoms with Gasteiger partial charge in [-0.25, -0.2) is 0 Å². The molecule has 0 aliphatic heterocycles. The van der Waals surface area contributed by atoms with Crippen molar-refractivity contribution in [2.24, 2.45) is 0 Å². The Morgan fingerprint density at radius 3 is 2.86 bits per heavy atom. The van der Waals surface area contributed by atoms with Gasteiger partial charge in [0.05, 0.1) is 9.72 Å². The number of nitrogens with zero attached hydrogens (tertiary/aromatic N) is 1. The molecule has 0 N–H and O–H groups in total. The maximum absolute atomic E-state index is 6.10. The first kappa shape index (κ1) is 9.97. The Morgan fingerprint density at radius 1 is 1.36 bits per heavy atom. The van der Waals surface area contributed by atoms with Gasteiger partial charge in [-0.05, 0) is 36.5 Å². The molecular weight excluding hydrogens is 214 g/mol. The van der Waals surface area contributed by atoms with Crippen molar-refractivity contribution in [3.8, 4) is 0 Å². The Hall–Kier alpha value is -0.570. The van der Waals surface area contributed by atoms with Gasteiger partial charge in [-0.15, -0.1) is 11.3 Å². The van der Waals surface area contributed by atoms with Crippen LogP contribution in [0.5, 0.6) is 0 Å². The second-order valence-electron chi connectivity index (χ2n) is 3.62. The lowest BCUT2D eigenvalue weighted by Gasteiger charge is -2.07. The van der Waals surface area contributed by atoms with Crippen LogP contribution in [0.15, 0.2) is 23.6 Å². The summed E-state index contributed by atoms with van der Waals surface area (Å²) >= 11 is 7.83. The van der Waals surface area contributed by atoms with E-state index in [-0.39, 0.29) is 0 Å². The molecule has 0 atom stereocenters. The average molecular weight is 226 g/mol. The van der Waals surface area contributed by atoms with Gasteiger partial charge in [0.25, 0.3) is 0 Å². The molecule has 1 aromatic heterocycles. The van der Waals surface area contributed by atoms with Crippen molar-refractivity contribution in [2.45, 2.75) is 6.54 Å². The lowest BCUT2D eigenvalue weighted by atomic mass is 10.2. The largest absolute Gasteiger partial charge is 0.305 e. The average Bonchev–Trinajstić information content (AvgIpc) is 2.49. The van der Waals surface area contributed by atoms with Crippen LogP contribution in [0.3, 0.4) is 0 Å². The Balaban J connectivity index is 2.52. The first-order valence-electron chi connectivity index (χ1n) is 4.48. The van der Waals surface area contributed by atoms with Crippen LogP contribution in [-0.2, 0) is 6.54 Å². The molecule has 0 radical (unpaired) electrons. The summed E-state index contributed by atoms with van der Waals surface area (Å²) in [5, 5.41) is 4.34. The molecule has 2 aromatic rings. The SMILES string of the molecule is CN(C)Cc1csc2c(Cl)cccc12. The van der Waals surface area contributed by atoms with Crippen LogP contribution >= 0.6 is 22.9 Å². The fourth-order valence-electron chi connectivity index (χ4n) is 1.54. The van der Waals surface area contributed by atoms with E-state index in [1.807, 2.05) is 12.1 Å². The number of halogens is 1. The second-order valence-corrected chi connectivity index (χ2v) is 4.90. The molecule has 0 bridgehead atoms. The Morgan fingerprint density at radius 2 is 2.14 bits per heavy atom. The zero-order valence-corrected chi connectivity index (χ0v) is 9.82. The lowest BCUT2D eigenvalue weighted by Crippen LogP contribution is -2.09. The van der Waals surface area contributed by atoms with Gasteiger partial charge in [0.1, 0.15) is 0 Å². The quantitative estimate of drug-likeness (QED) is 0.755. The number of hydrogen-bond donors (Lipinski definition) is 0. The van der Waals surface area contributed by atoms with Crippen molar-refractivity contribution in [3.05, 3.63) is 34.2 Å². The van der Waals surface area contributed by atoms with Gasteiger partial charge in [-0.2, -0.15) is 0 Å². The van der Waals surface area contributed by atoms with Crippen LogP contribution in [0.2, 0.25) is 5.02 Å². The standard InChI is InChI=1S/C11H12ClNS/c1-13(2)6-8-7-14-11-9(8)4-3-5-10(11)12/h3-5,7H,6H2,1-2H3. The third-order valence-corrected chi connectivity index (χ3v) is 3.62. The van der Waals surface area contributed by atoms with Crippen molar-refractivity contribution in [1.82, 2.24) is 4.90 Å². The van der Waals surface area contributed by atoms with Crippen molar-refractivity contribution in [3.63, 3.8) is 0 Å². The van der Waals surface area contributed by atoms with Crippen LogP contribution in [0.4, 0.5) is 0 Å². The number of hydrogen-bond acceptors (Lipinski definition) is 2. The van der Waals surface area contributed by atoms with Crippen LogP contribution in [0.25, 0.3) is 10.1 Å². The maximum Gasteiger partial charge on any atom is 0.0584 e. The van der Waals surface area contributed by atoms with Gasteiger partial charge < -0.3 is 4.90 Å². The molecule has 14 heavy (non-hydrogen) atoms. The molecule has 0 spiro atoms. The Bertz CT molecular complexity index is 447.